The van der Waals surface area contributed by atoms with Crippen LogP contribution in [0.1, 0.15) is 43.4 Å². The lowest BCUT2D eigenvalue weighted by Gasteiger charge is -2.36. The molecule has 2 aromatic carbocycles. The van der Waals surface area contributed by atoms with E-state index in [1.165, 1.54) is 57.9 Å². The monoisotopic (exact) mass is 412 g/mol. The second-order valence-corrected chi connectivity index (χ2v) is 10.1. The Labute approximate surface area is 186 Å². The molecule has 160 valence electrons. The summed E-state index contributed by atoms with van der Waals surface area (Å²) >= 11 is 0. The van der Waals surface area contributed by atoms with Crippen LogP contribution in [0.25, 0.3) is 0 Å². The summed E-state index contributed by atoms with van der Waals surface area (Å²) in [4.78, 5) is 5.17. The quantitative estimate of drug-likeness (QED) is 0.520. The third-order valence-electron chi connectivity index (χ3n) is 7.72. The van der Waals surface area contributed by atoms with Gasteiger partial charge in [0.05, 0.1) is 17.9 Å². The zero-order valence-corrected chi connectivity index (χ0v) is 19.3. The molecule has 3 heteroatoms. The van der Waals surface area contributed by atoms with Gasteiger partial charge in [-0.2, -0.15) is 0 Å². The lowest BCUT2D eigenvalue weighted by molar-refractivity contribution is 0.137. The van der Waals surface area contributed by atoms with Crippen molar-refractivity contribution in [1.82, 2.24) is 0 Å². The normalized spacial score (nSPS) is 26.0. The minimum absolute atomic E-state index is 0.226. The van der Waals surface area contributed by atoms with Gasteiger partial charge in [-0.25, -0.2) is 0 Å². The smallest absolute Gasteiger partial charge is 0.133 e. The molecular formula is C28H32N2O. The Morgan fingerprint density at radius 2 is 1.71 bits per heavy atom. The summed E-state index contributed by atoms with van der Waals surface area (Å²) in [6.07, 6.45) is 5.30. The van der Waals surface area contributed by atoms with E-state index in [9.17, 15) is 0 Å². The van der Waals surface area contributed by atoms with Crippen LogP contribution in [0.2, 0.25) is 0 Å². The van der Waals surface area contributed by atoms with E-state index in [2.05, 4.69) is 86.9 Å². The van der Waals surface area contributed by atoms with E-state index in [0.717, 1.165) is 6.54 Å². The first-order valence-electron chi connectivity index (χ1n) is 11.8. The molecule has 0 fully saturated rings. The predicted molar refractivity (Wildman–Crippen MR) is 128 cm³/mol. The van der Waals surface area contributed by atoms with E-state index in [1.54, 1.807) is 5.57 Å². The van der Waals surface area contributed by atoms with Crippen LogP contribution >= 0.6 is 0 Å². The molecule has 0 bridgehead atoms. The van der Waals surface area contributed by atoms with Crippen LogP contribution in [-0.4, -0.2) is 18.8 Å². The Kier molecular flexibility index (Phi) is 4.09. The number of rotatable bonds is 2. The number of benzene rings is 2. The van der Waals surface area contributed by atoms with Gasteiger partial charge >= 0.3 is 0 Å². The fourth-order valence-electron chi connectivity index (χ4n) is 6.47. The highest BCUT2D eigenvalue weighted by Crippen LogP contribution is 2.56. The highest BCUT2D eigenvalue weighted by atomic mass is 16.5. The summed E-state index contributed by atoms with van der Waals surface area (Å²) in [5.74, 6) is 2.33. The number of fused-ring (bicyclic) bond motifs is 6. The van der Waals surface area contributed by atoms with Gasteiger partial charge in [0, 0.05) is 17.2 Å². The second kappa shape index (κ2) is 6.66. The molecule has 0 saturated heterocycles. The van der Waals surface area contributed by atoms with Gasteiger partial charge in [0.1, 0.15) is 18.0 Å². The highest BCUT2D eigenvalue weighted by Gasteiger charge is 2.53. The number of ether oxygens (including phenoxy) is 1. The SMILES string of the molecule is Cc1cc(C)c(N2c3ccccc3N3CC4=C(C5CCC(C(C)C)=CC5O4)C32)c(C)c1. The van der Waals surface area contributed by atoms with Crippen molar-refractivity contribution in [3.05, 3.63) is 76.1 Å². The number of hydrogen-bond acceptors (Lipinski definition) is 3. The molecule has 0 spiro atoms. The van der Waals surface area contributed by atoms with Crippen molar-refractivity contribution in [3.63, 3.8) is 0 Å². The molecule has 2 aromatic rings. The first kappa shape index (κ1) is 19.0. The fraction of sp³-hybridized carbons (Fsp3) is 0.429. The van der Waals surface area contributed by atoms with Crippen molar-refractivity contribution in [2.75, 3.05) is 16.3 Å². The molecule has 3 atom stereocenters. The van der Waals surface area contributed by atoms with E-state index in [0.29, 0.717) is 11.8 Å². The van der Waals surface area contributed by atoms with Gasteiger partial charge < -0.3 is 14.5 Å². The largest absolute Gasteiger partial charge is 0.488 e. The summed E-state index contributed by atoms with van der Waals surface area (Å²) in [7, 11) is 0. The second-order valence-electron chi connectivity index (χ2n) is 10.1. The molecule has 0 aromatic heterocycles. The molecule has 0 radical (unpaired) electrons. The lowest BCUT2D eigenvalue weighted by Crippen LogP contribution is -2.42. The van der Waals surface area contributed by atoms with Gasteiger partial charge in [0.2, 0.25) is 0 Å². The topological polar surface area (TPSA) is 15.7 Å². The maximum absolute atomic E-state index is 6.62. The molecule has 3 unspecified atom stereocenters. The van der Waals surface area contributed by atoms with E-state index >= 15 is 0 Å². The van der Waals surface area contributed by atoms with E-state index < -0.39 is 0 Å². The average molecular weight is 413 g/mol. The van der Waals surface area contributed by atoms with Gasteiger partial charge in [-0.3, -0.25) is 0 Å². The predicted octanol–water partition coefficient (Wildman–Crippen LogP) is 6.55. The molecule has 3 nitrogen and oxygen atoms in total. The van der Waals surface area contributed by atoms with Crippen LogP contribution in [0.15, 0.2) is 59.4 Å². The maximum atomic E-state index is 6.62. The molecule has 0 N–H and O–H groups in total. The van der Waals surface area contributed by atoms with Gasteiger partial charge in [-0.15, -0.1) is 0 Å². The minimum Gasteiger partial charge on any atom is -0.488 e. The van der Waals surface area contributed by atoms with Crippen molar-refractivity contribution >= 4 is 17.1 Å². The Bertz CT molecular complexity index is 1120. The summed E-state index contributed by atoms with van der Waals surface area (Å²) in [5.41, 5.74) is 11.1. The number of para-hydroxylation sites is 2. The van der Waals surface area contributed by atoms with Crippen LogP contribution in [0.3, 0.4) is 0 Å². The molecule has 6 rings (SSSR count). The molecule has 31 heavy (non-hydrogen) atoms. The first-order valence-corrected chi connectivity index (χ1v) is 11.8. The van der Waals surface area contributed by atoms with E-state index in [4.69, 9.17) is 4.74 Å². The summed E-state index contributed by atoms with van der Waals surface area (Å²) in [6, 6.07) is 13.6. The van der Waals surface area contributed by atoms with Gasteiger partial charge in [-0.05, 0) is 68.9 Å². The molecule has 0 saturated carbocycles. The average Bonchev–Trinajstić information content (AvgIpc) is 3.34. The number of aryl methyl sites for hydroxylation is 3. The fourth-order valence-corrected chi connectivity index (χ4v) is 6.47. The zero-order chi connectivity index (χ0) is 21.4. The Morgan fingerprint density at radius 3 is 2.42 bits per heavy atom. The maximum Gasteiger partial charge on any atom is 0.133 e. The molecule has 3 aliphatic heterocycles. The third-order valence-corrected chi connectivity index (χ3v) is 7.72. The first-order chi connectivity index (χ1) is 14.9. The van der Waals surface area contributed by atoms with Gasteiger partial charge in [-0.1, -0.05) is 49.2 Å². The number of hydrogen-bond donors (Lipinski definition) is 0. The molecule has 3 heterocycles. The van der Waals surface area contributed by atoms with Crippen molar-refractivity contribution < 1.29 is 4.74 Å². The number of nitrogens with zero attached hydrogens (tertiary/aromatic N) is 2. The minimum atomic E-state index is 0.226. The van der Waals surface area contributed by atoms with Crippen LogP contribution in [-0.2, 0) is 4.74 Å². The van der Waals surface area contributed by atoms with Crippen LogP contribution in [0.5, 0.6) is 0 Å². The standard InChI is InChI=1S/C28H32N2O/c1-16(2)20-10-11-21-24(14-20)31-25-15-29-22-8-6-7-9-23(22)30(28(29)26(21)25)27-18(4)12-17(3)13-19(27)5/h6-9,12-14,16,21,24,28H,10-11,15H2,1-5H3. The van der Waals surface area contributed by atoms with Crippen LogP contribution in [0, 0.1) is 32.6 Å². The van der Waals surface area contributed by atoms with Gasteiger partial charge in [0.25, 0.3) is 0 Å². The Morgan fingerprint density at radius 1 is 1.00 bits per heavy atom. The number of anilines is 3. The van der Waals surface area contributed by atoms with E-state index in [1.807, 2.05) is 0 Å². The van der Waals surface area contributed by atoms with Crippen LogP contribution in [0.4, 0.5) is 17.1 Å². The Balaban J connectivity index is 1.47. The van der Waals surface area contributed by atoms with E-state index in [-0.39, 0.29) is 12.3 Å². The summed E-state index contributed by atoms with van der Waals surface area (Å²) in [6.45, 7) is 12.2. The highest BCUT2D eigenvalue weighted by molar-refractivity contribution is 5.88. The molecule has 1 aliphatic carbocycles. The van der Waals surface area contributed by atoms with Crippen molar-refractivity contribution in [2.24, 2.45) is 11.8 Å². The van der Waals surface area contributed by atoms with Crippen molar-refractivity contribution in [1.29, 1.82) is 0 Å². The van der Waals surface area contributed by atoms with Gasteiger partial charge in [0.15, 0.2) is 0 Å². The van der Waals surface area contributed by atoms with Crippen LogP contribution < -0.4 is 9.80 Å². The lowest BCUT2D eigenvalue weighted by atomic mass is 9.79. The van der Waals surface area contributed by atoms with Crippen molar-refractivity contribution in [3.8, 4) is 0 Å². The molecule has 0 amide bonds. The Hall–Kier alpha value is -2.68. The number of allylic oxidation sites excluding steroid dienone is 1. The zero-order valence-electron chi connectivity index (χ0n) is 19.3. The third kappa shape index (κ3) is 2.65. The van der Waals surface area contributed by atoms with Crippen molar-refractivity contribution in [2.45, 2.75) is 59.7 Å². The summed E-state index contributed by atoms with van der Waals surface area (Å²) in [5, 5.41) is 0. The molecular weight excluding hydrogens is 380 g/mol. The summed E-state index contributed by atoms with van der Waals surface area (Å²) < 4.78 is 6.62. The molecule has 4 aliphatic rings.